The molecule has 0 amide bonds. The van der Waals surface area contributed by atoms with Crippen molar-refractivity contribution in [2.75, 3.05) is 0 Å². The Kier molecular flexibility index (Phi) is 2.15. The second-order valence-electron chi connectivity index (χ2n) is 5.86. The van der Waals surface area contributed by atoms with Gasteiger partial charge in [0.1, 0.15) is 0 Å². The average Bonchev–Trinajstić information content (AvgIpc) is 2.70. The van der Waals surface area contributed by atoms with Crippen molar-refractivity contribution < 1.29 is 4.52 Å². The summed E-state index contributed by atoms with van der Waals surface area (Å²) in [4.78, 5) is 4.41. The zero-order valence-corrected chi connectivity index (χ0v) is 9.87. The SMILES string of the molecule is CC1(c2noc([C@H](N)C(C)(C)C)n2)CC1. The van der Waals surface area contributed by atoms with Crippen LogP contribution < -0.4 is 5.73 Å². The summed E-state index contributed by atoms with van der Waals surface area (Å²) >= 11 is 0. The maximum atomic E-state index is 6.05. The molecule has 1 aromatic heterocycles. The third-order valence-corrected chi connectivity index (χ3v) is 3.18. The summed E-state index contributed by atoms with van der Waals surface area (Å²) in [5.74, 6) is 1.38. The average molecular weight is 209 g/mol. The molecule has 4 nitrogen and oxygen atoms in total. The highest BCUT2D eigenvalue weighted by molar-refractivity contribution is 5.15. The Bertz CT molecular complexity index is 360. The predicted molar refractivity (Wildman–Crippen MR) is 57.3 cm³/mol. The minimum Gasteiger partial charge on any atom is -0.338 e. The van der Waals surface area contributed by atoms with Crippen LogP contribution in [0.5, 0.6) is 0 Å². The van der Waals surface area contributed by atoms with E-state index in [1.165, 1.54) is 0 Å². The van der Waals surface area contributed by atoms with Crippen molar-refractivity contribution in [2.24, 2.45) is 11.1 Å². The van der Waals surface area contributed by atoms with E-state index >= 15 is 0 Å². The van der Waals surface area contributed by atoms with Crippen molar-refractivity contribution in [1.82, 2.24) is 10.1 Å². The molecule has 0 unspecified atom stereocenters. The van der Waals surface area contributed by atoms with E-state index in [0.717, 1.165) is 18.7 Å². The molecule has 1 fully saturated rings. The van der Waals surface area contributed by atoms with Gasteiger partial charge in [0.15, 0.2) is 5.82 Å². The third-order valence-electron chi connectivity index (χ3n) is 3.18. The van der Waals surface area contributed by atoms with E-state index in [1.807, 2.05) is 0 Å². The van der Waals surface area contributed by atoms with Gasteiger partial charge in [-0.25, -0.2) is 0 Å². The smallest absolute Gasteiger partial charge is 0.244 e. The fourth-order valence-electron chi connectivity index (χ4n) is 1.39. The van der Waals surface area contributed by atoms with Gasteiger partial charge in [0.05, 0.1) is 6.04 Å². The van der Waals surface area contributed by atoms with Crippen LogP contribution in [0.2, 0.25) is 0 Å². The maximum Gasteiger partial charge on any atom is 0.244 e. The van der Waals surface area contributed by atoms with Gasteiger partial charge >= 0.3 is 0 Å². The molecule has 0 aromatic carbocycles. The molecule has 15 heavy (non-hydrogen) atoms. The van der Waals surface area contributed by atoms with E-state index in [4.69, 9.17) is 10.3 Å². The number of hydrogen-bond acceptors (Lipinski definition) is 4. The van der Waals surface area contributed by atoms with Crippen molar-refractivity contribution in [1.29, 1.82) is 0 Å². The lowest BCUT2D eigenvalue weighted by molar-refractivity contribution is 0.252. The standard InChI is InChI=1S/C11H19N3O/c1-10(2,3)7(12)8-13-9(14-15-8)11(4)5-6-11/h7H,5-6,12H2,1-4H3/t7-/m0/s1. The van der Waals surface area contributed by atoms with Crippen LogP contribution in [0.25, 0.3) is 0 Å². The highest BCUT2D eigenvalue weighted by Gasteiger charge is 2.44. The molecule has 84 valence electrons. The Hall–Kier alpha value is -0.900. The summed E-state index contributed by atoms with van der Waals surface area (Å²) < 4.78 is 5.23. The lowest BCUT2D eigenvalue weighted by Gasteiger charge is -2.23. The second-order valence-corrected chi connectivity index (χ2v) is 5.86. The minimum atomic E-state index is -0.193. The number of aromatic nitrogens is 2. The number of nitrogens with two attached hydrogens (primary N) is 1. The lowest BCUT2D eigenvalue weighted by atomic mass is 9.87. The van der Waals surface area contributed by atoms with Crippen LogP contribution in [0.3, 0.4) is 0 Å². The van der Waals surface area contributed by atoms with Gasteiger partial charge in [-0.2, -0.15) is 4.98 Å². The van der Waals surface area contributed by atoms with Gasteiger partial charge in [0.25, 0.3) is 0 Å². The molecule has 1 heterocycles. The second kappa shape index (κ2) is 3.04. The lowest BCUT2D eigenvalue weighted by Crippen LogP contribution is -2.26. The van der Waals surface area contributed by atoms with Crippen molar-refractivity contribution in [3.8, 4) is 0 Å². The molecular weight excluding hydrogens is 190 g/mol. The Labute approximate surface area is 90.2 Å². The topological polar surface area (TPSA) is 64.9 Å². The number of rotatable bonds is 2. The van der Waals surface area contributed by atoms with Crippen molar-refractivity contribution in [3.05, 3.63) is 11.7 Å². The van der Waals surface area contributed by atoms with Crippen LogP contribution in [-0.2, 0) is 5.41 Å². The van der Waals surface area contributed by atoms with E-state index in [0.29, 0.717) is 5.89 Å². The van der Waals surface area contributed by atoms with Crippen molar-refractivity contribution in [3.63, 3.8) is 0 Å². The first-order valence-electron chi connectivity index (χ1n) is 5.43. The molecule has 1 aliphatic carbocycles. The van der Waals surface area contributed by atoms with Crippen molar-refractivity contribution in [2.45, 2.75) is 52.0 Å². The third kappa shape index (κ3) is 1.91. The van der Waals surface area contributed by atoms with Gasteiger partial charge in [0, 0.05) is 5.41 Å². The summed E-state index contributed by atoms with van der Waals surface area (Å²) in [5, 5.41) is 4.02. The maximum absolute atomic E-state index is 6.05. The van der Waals surface area contributed by atoms with E-state index in [1.54, 1.807) is 0 Å². The summed E-state index contributed by atoms with van der Waals surface area (Å²) in [5.41, 5.74) is 6.16. The van der Waals surface area contributed by atoms with E-state index in [9.17, 15) is 0 Å². The molecule has 1 aromatic rings. The van der Waals surface area contributed by atoms with E-state index in [-0.39, 0.29) is 16.9 Å². The molecule has 0 spiro atoms. The van der Waals surface area contributed by atoms with Crippen LogP contribution in [-0.4, -0.2) is 10.1 Å². The number of nitrogens with zero attached hydrogens (tertiary/aromatic N) is 2. The fraction of sp³-hybridized carbons (Fsp3) is 0.818. The Morgan fingerprint density at radius 2 is 2.00 bits per heavy atom. The molecule has 0 radical (unpaired) electrons. The quantitative estimate of drug-likeness (QED) is 0.810. The predicted octanol–water partition coefficient (Wildman–Crippen LogP) is 2.17. The van der Waals surface area contributed by atoms with Gasteiger partial charge < -0.3 is 10.3 Å². The summed E-state index contributed by atoms with van der Waals surface area (Å²) in [6.45, 7) is 8.37. The molecule has 1 aliphatic rings. The van der Waals surface area contributed by atoms with Crippen LogP contribution in [0.15, 0.2) is 4.52 Å². The van der Waals surface area contributed by atoms with E-state index in [2.05, 4.69) is 37.8 Å². The molecule has 0 bridgehead atoms. The van der Waals surface area contributed by atoms with Gasteiger partial charge in [-0.3, -0.25) is 0 Å². The molecule has 1 saturated carbocycles. The summed E-state index contributed by atoms with van der Waals surface area (Å²) in [6.07, 6.45) is 2.30. The summed E-state index contributed by atoms with van der Waals surface area (Å²) in [7, 11) is 0. The van der Waals surface area contributed by atoms with Crippen molar-refractivity contribution >= 4 is 0 Å². The fourth-order valence-corrected chi connectivity index (χ4v) is 1.39. The van der Waals surface area contributed by atoms with Crippen LogP contribution in [0.4, 0.5) is 0 Å². The Balaban J connectivity index is 2.20. The molecule has 0 saturated heterocycles. The van der Waals surface area contributed by atoms with E-state index < -0.39 is 0 Å². The Morgan fingerprint density at radius 3 is 2.47 bits per heavy atom. The van der Waals surface area contributed by atoms with Crippen LogP contribution in [0, 0.1) is 5.41 Å². The normalized spacial score (nSPS) is 21.4. The number of hydrogen-bond donors (Lipinski definition) is 1. The first kappa shape index (κ1) is 10.6. The van der Waals surface area contributed by atoms with Crippen LogP contribution >= 0.6 is 0 Å². The highest BCUT2D eigenvalue weighted by Crippen LogP contribution is 2.46. The van der Waals surface area contributed by atoms with Crippen LogP contribution in [0.1, 0.15) is 58.3 Å². The zero-order chi connectivity index (χ0) is 11.3. The molecule has 4 heteroatoms. The highest BCUT2D eigenvalue weighted by atomic mass is 16.5. The largest absolute Gasteiger partial charge is 0.338 e. The zero-order valence-electron chi connectivity index (χ0n) is 9.87. The van der Waals surface area contributed by atoms with Gasteiger partial charge in [-0.15, -0.1) is 0 Å². The Morgan fingerprint density at radius 1 is 1.40 bits per heavy atom. The molecular formula is C11H19N3O. The minimum absolute atomic E-state index is 0.0474. The molecule has 1 atom stereocenters. The molecule has 0 aliphatic heterocycles. The molecule has 2 N–H and O–H groups in total. The van der Waals surface area contributed by atoms with Gasteiger partial charge in [-0.05, 0) is 18.3 Å². The van der Waals surface area contributed by atoms with Gasteiger partial charge in [0.2, 0.25) is 5.89 Å². The first-order chi connectivity index (χ1) is 6.83. The summed E-state index contributed by atoms with van der Waals surface area (Å²) in [6, 6.07) is -0.193. The van der Waals surface area contributed by atoms with Gasteiger partial charge in [-0.1, -0.05) is 32.9 Å². The monoisotopic (exact) mass is 209 g/mol. The molecule has 2 rings (SSSR count). The first-order valence-corrected chi connectivity index (χ1v) is 5.43.